The molecule has 1 aliphatic rings. The molecule has 6 heteroatoms. The Morgan fingerprint density at radius 1 is 1.47 bits per heavy atom. The molecule has 1 aromatic heterocycles. The number of nitrogens with one attached hydrogen (secondary N) is 1. The van der Waals surface area contributed by atoms with Crippen molar-refractivity contribution in [1.29, 1.82) is 0 Å². The Bertz CT molecular complexity index is 639. The summed E-state index contributed by atoms with van der Waals surface area (Å²) in [6, 6.07) is 5.09. The zero-order valence-electron chi connectivity index (χ0n) is 9.82. The van der Waals surface area contributed by atoms with E-state index >= 15 is 0 Å². The molecular formula is C13H10BrClN2OS. The molecule has 0 saturated heterocycles. The number of carbonyl (C=O) groups is 1. The maximum absolute atomic E-state index is 12.1. The molecule has 19 heavy (non-hydrogen) atoms. The van der Waals surface area contributed by atoms with Gasteiger partial charge in [-0.15, -0.1) is 11.3 Å². The molecule has 3 rings (SSSR count). The summed E-state index contributed by atoms with van der Waals surface area (Å²) >= 11 is 10.7. The van der Waals surface area contributed by atoms with Gasteiger partial charge in [-0.3, -0.25) is 10.1 Å². The SMILES string of the molecule is O=C(Nc1nc(C2CC2)cs1)c1ccc(Cl)cc1Br. The molecule has 0 atom stereocenters. The lowest BCUT2D eigenvalue weighted by atomic mass is 10.2. The molecule has 1 aromatic carbocycles. The van der Waals surface area contributed by atoms with Crippen LogP contribution >= 0.6 is 38.9 Å². The zero-order valence-corrected chi connectivity index (χ0v) is 13.0. The van der Waals surface area contributed by atoms with Gasteiger partial charge in [0.1, 0.15) is 0 Å². The van der Waals surface area contributed by atoms with Crippen molar-refractivity contribution in [1.82, 2.24) is 4.98 Å². The van der Waals surface area contributed by atoms with Crippen LogP contribution in [0.3, 0.4) is 0 Å². The zero-order chi connectivity index (χ0) is 13.4. The van der Waals surface area contributed by atoms with Gasteiger partial charge in [0.05, 0.1) is 11.3 Å². The number of hydrogen-bond acceptors (Lipinski definition) is 3. The molecule has 1 fully saturated rings. The van der Waals surface area contributed by atoms with E-state index in [0.717, 1.165) is 5.69 Å². The van der Waals surface area contributed by atoms with Crippen LogP contribution in [0.5, 0.6) is 0 Å². The molecule has 0 spiro atoms. The van der Waals surface area contributed by atoms with Crippen LogP contribution in [-0.4, -0.2) is 10.9 Å². The van der Waals surface area contributed by atoms with Gasteiger partial charge in [-0.05, 0) is 47.0 Å². The number of anilines is 1. The minimum absolute atomic E-state index is 0.180. The fourth-order valence-corrected chi connectivity index (χ4v) is 3.40. The summed E-state index contributed by atoms with van der Waals surface area (Å²) in [7, 11) is 0. The first-order valence-corrected chi connectivity index (χ1v) is 7.90. The van der Waals surface area contributed by atoms with Crippen molar-refractivity contribution < 1.29 is 4.79 Å². The Balaban J connectivity index is 1.76. The quantitative estimate of drug-likeness (QED) is 0.866. The van der Waals surface area contributed by atoms with Crippen LogP contribution in [0.15, 0.2) is 28.1 Å². The van der Waals surface area contributed by atoms with E-state index in [9.17, 15) is 4.79 Å². The Labute approximate surface area is 128 Å². The Hall–Kier alpha value is -0.910. The van der Waals surface area contributed by atoms with Crippen molar-refractivity contribution in [3.8, 4) is 0 Å². The first-order chi connectivity index (χ1) is 9.13. The molecule has 0 radical (unpaired) electrons. The number of aromatic nitrogens is 1. The number of carbonyl (C=O) groups excluding carboxylic acids is 1. The summed E-state index contributed by atoms with van der Waals surface area (Å²) in [4.78, 5) is 16.6. The summed E-state index contributed by atoms with van der Waals surface area (Å²) in [5, 5.41) is 6.07. The molecule has 1 saturated carbocycles. The third-order valence-electron chi connectivity index (χ3n) is 2.91. The van der Waals surface area contributed by atoms with E-state index in [1.54, 1.807) is 18.2 Å². The minimum atomic E-state index is -0.180. The van der Waals surface area contributed by atoms with Gasteiger partial charge in [-0.1, -0.05) is 11.6 Å². The number of benzene rings is 1. The molecule has 1 N–H and O–H groups in total. The number of amides is 1. The van der Waals surface area contributed by atoms with Crippen LogP contribution in [0.4, 0.5) is 5.13 Å². The van der Waals surface area contributed by atoms with E-state index in [1.165, 1.54) is 24.2 Å². The third-order valence-corrected chi connectivity index (χ3v) is 4.58. The lowest BCUT2D eigenvalue weighted by Crippen LogP contribution is -2.12. The largest absolute Gasteiger partial charge is 0.298 e. The van der Waals surface area contributed by atoms with Crippen LogP contribution in [0.25, 0.3) is 0 Å². The van der Waals surface area contributed by atoms with Crippen LogP contribution in [0.1, 0.15) is 34.8 Å². The third kappa shape index (κ3) is 2.99. The predicted molar refractivity (Wildman–Crippen MR) is 81.2 cm³/mol. The van der Waals surface area contributed by atoms with Crippen LogP contribution in [0.2, 0.25) is 5.02 Å². The second-order valence-corrected chi connectivity index (χ2v) is 6.58. The summed E-state index contributed by atoms with van der Waals surface area (Å²) in [6.45, 7) is 0. The molecule has 0 bridgehead atoms. The molecule has 3 nitrogen and oxygen atoms in total. The highest BCUT2D eigenvalue weighted by atomic mass is 79.9. The Kier molecular flexibility index (Phi) is 3.60. The van der Waals surface area contributed by atoms with E-state index in [1.807, 2.05) is 5.38 Å². The second-order valence-electron chi connectivity index (χ2n) is 4.43. The molecule has 1 amide bonds. The highest BCUT2D eigenvalue weighted by Crippen LogP contribution is 2.40. The van der Waals surface area contributed by atoms with Crippen molar-refractivity contribution in [3.05, 3.63) is 44.3 Å². The van der Waals surface area contributed by atoms with Gasteiger partial charge in [0.15, 0.2) is 5.13 Å². The average molecular weight is 358 g/mol. The van der Waals surface area contributed by atoms with E-state index in [4.69, 9.17) is 11.6 Å². The highest BCUT2D eigenvalue weighted by molar-refractivity contribution is 9.10. The first kappa shape index (κ1) is 13.1. The van der Waals surface area contributed by atoms with Crippen LogP contribution < -0.4 is 5.32 Å². The second kappa shape index (κ2) is 5.23. The van der Waals surface area contributed by atoms with Gasteiger partial charge in [0.2, 0.25) is 0 Å². The number of hydrogen-bond donors (Lipinski definition) is 1. The molecule has 0 unspecified atom stereocenters. The number of halogens is 2. The lowest BCUT2D eigenvalue weighted by Gasteiger charge is -2.04. The highest BCUT2D eigenvalue weighted by Gasteiger charge is 2.26. The fourth-order valence-electron chi connectivity index (χ4n) is 1.75. The summed E-state index contributed by atoms with van der Waals surface area (Å²) in [5.74, 6) is 0.421. The maximum Gasteiger partial charge on any atom is 0.258 e. The molecular weight excluding hydrogens is 348 g/mol. The number of thiazole rings is 1. The fraction of sp³-hybridized carbons (Fsp3) is 0.231. The van der Waals surface area contributed by atoms with Crippen molar-refractivity contribution >= 4 is 49.9 Å². The van der Waals surface area contributed by atoms with Crippen molar-refractivity contribution in [2.24, 2.45) is 0 Å². The molecule has 0 aliphatic heterocycles. The summed E-state index contributed by atoms with van der Waals surface area (Å²) in [6.07, 6.45) is 2.42. The van der Waals surface area contributed by atoms with Crippen LogP contribution in [0, 0.1) is 0 Å². The van der Waals surface area contributed by atoms with Gasteiger partial charge in [0.25, 0.3) is 5.91 Å². The number of nitrogens with zero attached hydrogens (tertiary/aromatic N) is 1. The monoisotopic (exact) mass is 356 g/mol. The van der Waals surface area contributed by atoms with Gasteiger partial charge < -0.3 is 0 Å². The van der Waals surface area contributed by atoms with E-state index < -0.39 is 0 Å². The Morgan fingerprint density at radius 2 is 2.26 bits per heavy atom. The summed E-state index contributed by atoms with van der Waals surface area (Å²) in [5.41, 5.74) is 1.64. The number of rotatable bonds is 3. The average Bonchev–Trinajstić information content (AvgIpc) is 3.10. The smallest absolute Gasteiger partial charge is 0.258 e. The van der Waals surface area contributed by atoms with Crippen molar-refractivity contribution in [3.63, 3.8) is 0 Å². The minimum Gasteiger partial charge on any atom is -0.298 e. The molecule has 1 heterocycles. The van der Waals surface area contributed by atoms with E-state index in [2.05, 4.69) is 26.2 Å². The van der Waals surface area contributed by atoms with Crippen molar-refractivity contribution in [2.45, 2.75) is 18.8 Å². The summed E-state index contributed by atoms with van der Waals surface area (Å²) < 4.78 is 0.677. The van der Waals surface area contributed by atoms with E-state index in [-0.39, 0.29) is 5.91 Å². The van der Waals surface area contributed by atoms with Crippen LogP contribution in [-0.2, 0) is 0 Å². The normalized spacial score (nSPS) is 14.4. The van der Waals surface area contributed by atoms with E-state index in [0.29, 0.717) is 26.1 Å². The predicted octanol–water partition coefficient (Wildman–Crippen LogP) is 4.69. The molecule has 98 valence electrons. The topological polar surface area (TPSA) is 42.0 Å². The molecule has 1 aliphatic carbocycles. The van der Waals surface area contributed by atoms with Gasteiger partial charge in [-0.2, -0.15) is 0 Å². The van der Waals surface area contributed by atoms with Gasteiger partial charge >= 0.3 is 0 Å². The van der Waals surface area contributed by atoms with Crippen molar-refractivity contribution in [2.75, 3.05) is 5.32 Å². The lowest BCUT2D eigenvalue weighted by molar-refractivity contribution is 0.102. The standard InChI is InChI=1S/C13H10BrClN2OS/c14-10-5-8(15)3-4-9(10)12(18)17-13-16-11(6-19-13)7-1-2-7/h3-7H,1-2H2,(H,16,17,18). The maximum atomic E-state index is 12.1. The van der Waals surface area contributed by atoms with Gasteiger partial charge in [-0.25, -0.2) is 4.98 Å². The first-order valence-electron chi connectivity index (χ1n) is 5.85. The van der Waals surface area contributed by atoms with Gasteiger partial charge in [0, 0.05) is 20.8 Å². The Morgan fingerprint density at radius 3 is 2.95 bits per heavy atom. The molecule has 2 aromatic rings.